The highest BCUT2D eigenvalue weighted by Crippen LogP contribution is 2.11. The number of ether oxygens (including phenoxy) is 1. The summed E-state index contributed by atoms with van der Waals surface area (Å²) < 4.78 is 5.25. The Hall–Kier alpha value is -1.35. The van der Waals surface area contributed by atoms with E-state index in [1.807, 2.05) is 49.8 Å². The molecule has 26 heavy (non-hydrogen) atoms. The topological polar surface area (TPSA) is 57.2 Å². The molecule has 7 heteroatoms. The average molecular weight is 476 g/mol. The number of nitrogens with zero attached hydrogens (tertiary/aromatic N) is 3. The van der Waals surface area contributed by atoms with E-state index < -0.39 is 0 Å². The SMILES string of the molecule is CCNC(=NCc1ccccc1COC)N(C)CC(=O)N(CC)CC.I. The molecule has 0 saturated carbocycles. The highest BCUT2D eigenvalue weighted by Gasteiger charge is 2.15. The van der Waals surface area contributed by atoms with Crippen molar-refractivity contribution in [3.8, 4) is 0 Å². The van der Waals surface area contributed by atoms with Crippen LogP contribution in [0.3, 0.4) is 0 Å². The maximum absolute atomic E-state index is 12.3. The molecule has 0 aliphatic heterocycles. The van der Waals surface area contributed by atoms with Crippen molar-refractivity contribution in [2.75, 3.05) is 40.3 Å². The summed E-state index contributed by atoms with van der Waals surface area (Å²) in [5.41, 5.74) is 2.26. The van der Waals surface area contributed by atoms with E-state index in [9.17, 15) is 4.79 Å². The molecule has 0 aliphatic carbocycles. The van der Waals surface area contributed by atoms with Crippen LogP contribution in [-0.2, 0) is 22.7 Å². The van der Waals surface area contributed by atoms with E-state index in [0.29, 0.717) is 19.7 Å². The first-order valence-corrected chi connectivity index (χ1v) is 8.90. The van der Waals surface area contributed by atoms with Crippen LogP contribution < -0.4 is 5.32 Å². The molecule has 1 N–H and O–H groups in total. The molecule has 148 valence electrons. The third-order valence-corrected chi connectivity index (χ3v) is 4.00. The van der Waals surface area contributed by atoms with Crippen molar-refractivity contribution in [3.63, 3.8) is 0 Å². The summed E-state index contributed by atoms with van der Waals surface area (Å²) in [6.45, 7) is 9.64. The van der Waals surface area contributed by atoms with Crippen LogP contribution in [-0.4, -0.2) is 62.0 Å². The molecular weight excluding hydrogens is 443 g/mol. The van der Waals surface area contributed by atoms with E-state index in [4.69, 9.17) is 9.73 Å². The third-order valence-electron chi connectivity index (χ3n) is 4.00. The van der Waals surface area contributed by atoms with Crippen LogP contribution in [0.25, 0.3) is 0 Å². The molecule has 1 aromatic carbocycles. The lowest BCUT2D eigenvalue weighted by Gasteiger charge is -2.25. The molecule has 1 amide bonds. The maximum atomic E-state index is 12.3. The molecule has 0 radical (unpaired) electrons. The lowest BCUT2D eigenvalue weighted by Crippen LogP contribution is -2.45. The molecule has 1 rings (SSSR count). The number of hydrogen-bond donors (Lipinski definition) is 1. The highest BCUT2D eigenvalue weighted by molar-refractivity contribution is 14.0. The van der Waals surface area contributed by atoms with Crippen molar-refractivity contribution in [3.05, 3.63) is 35.4 Å². The predicted molar refractivity (Wildman–Crippen MR) is 118 cm³/mol. The molecule has 0 saturated heterocycles. The van der Waals surface area contributed by atoms with E-state index in [1.165, 1.54) is 0 Å². The van der Waals surface area contributed by atoms with Gasteiger partial charge in [-0.05, 0) is 31.9 Å². The number of methoxy groups -OCH3 is 1. The Balaban J connectivity index is 0.00000625. The quantitative estimate of drug-likeness (QED) is 0.339. The Kier molecular flexibility index (Phi) is 13.1. The summed E-state index contributed by atoms with van der Waals surface area (Å²) in [6.07, 6.45) is 0. The van der Waals surface area contributed by atoms with Crippen LogP contribution in [0, 0.1) is 0 Å². The lowest BCUT2D eigenvalue weighted by atomic mass is 10.1. The van der Waals surface area contributed by atoms with Crippen LogP contribution in [0.5, 0.6) is 0 Å². The first-order valence-electron chi connectivity index (χ1n) is 8.90. The van der Waals surface area contributed by atoms with Crippen LogP contribution in [0.15, 0.2) is 29.3 Å². The van der Waals surface area contributed by atoms with Gasteiger partial charge in [-0.1, -0.05) is 24.3 Å². The van der Waals surface area contributed by atoms with Gasteiger partial charge in [-0.15, -0.1) is 24.0 Å². The monoisotopic (exact) mass is 476 g/mol. The number of guanidine groups is 1. The van der Waals surface area contributed by atoms with Crippen LogP contribution in [0.4, 0.5) is 0 Å². The van der Waals surface area contributed by atoms with Gasteiger partial charge in [-0.3, -0.25) is 4.79 Å². The Morgan fingerprint density at radius 3 is 2.31 bits per heavy atom. The second kappa shape index (κ2) is 13.8. The van der Waals surface area contributed by atoms with Gasteiger partial charge in [0.25, 0.3) is 0 Å². The minimum absolute atomic E-state index is 0. The first-order chi connectivity index (χ1) is 12.1. The molecule has 0 unspecified atom stereocenters. The molecule has 0 bridgehead atoms. The van der Waals surface area contributed by atoms with Gasteiger partial charge < -0.3 is 19.9 Å². The molecule has 0 aliphatic rings. The summed E-state index contributed by atoms with van der Waals surface area (Å²) in [5, 5.41) is 3.26. The first kappa shape index (κ1) is 24.7. The second-order valence-electron chi connectivity index (χ2n) is 5.79. The number of amides is 1. The molecular formula is C19H33IN4O2. The van der Waals surface area contributed by atoms with Gasteiger partial charge >= 0.3 is 0 Å². The molecule has 1 aromatic rings. The number of nitrogens with one attached hydrogen (secondary N) is 1. The van der Waals surface area contributed by atoms with Gasteiger partial charge in [-0.25, -0.2) is 4.99 Å². The van der Waals surface area contributed by atoms with Crippen molar-refractivity contribution >= 4 is 35.8 Å². The lowest BCUT2D eigenvalue weighted by molar-refractivity contribution is -0.131. The molecule has 0 fully saturated rings. The number of rotatable bonds is 9. The number of halogens is 1. The molecule has 0 spiro atoms. The van der Waals surface area contributed by atoms with Crippen molar-refractivity contribution < 1.29 is 9.53 Å². The standard InChI is InChI=1S/C19H32N4O2.HI/c1-6-20-19(22(4)14-18(24)23(7-2)8-3)21-13-16-11-9-10-12-17(16)15-25-5;/h9-12H,6-8,13-15H2,1-5H3,(H,20,21);1H. The van der Waals surface area contributed by atoms with Crippen molar-refractivity contribution in [2.24, 2.45) is 4.99 Å². The van der Waals surface area contributed by atoms with E-state index in [-0.39, 0.29) is 29.9 Å². The molecule has 0 heterocycles. The van der Waals surface area contributed by atoms with Crippen LogP contribution >= 0.6 is 24.0 Å². The number of aliphatic imine (C=N–C) groups is 1. The number of hydrogen-bond acceptors (Lipinski definition) is 3. The molecule has 6 nitrogen and oxygen atoms in total. The van der Waals surface area contributed by atoms with E-state index in [1.54, 1.807) is 7.11 Å². The van der Waals surface area contributed by atoms with Gasteiger partial charge in [0.2, 0.25) is 5.91 Å². The van der Waals surface area contributed by atoms with Gasteiger partial charge in [0.15, 0.2) is 5.96 Å². The van der Waals surface area contributed by atoms with Gasteiger partial charge in [0, 0.05) is 33.8 Å². The largest absolute Gasteiger partial charge is 0.380 e. The summed E-state index contributed by atoms with van der Waals surface area (Å²) in [5.74, 6) is 0.841. The predicted octanol–water partition coefficient (Wildman–Crippen LogP) is 2.72. The minimum Gasteiger partial charge on any atom is -0.380 e. The van der Waals surface area contributed by atoms with Crippen molar-refractivity contribution in [1.29, 1.82) is 0 Å². The number of benzene rings is 1. The fraction of sp³-hybridized carbons (Fsp3) is 0.579. The summed E-state index contributed by atoms with van der Waals surface area (Å²) in [6, 6.07) is 8.11. The molecule has 0 aromatic heterocycles. The van der Waals surface area contributed by atoms with E-state index in [0.717, 1.165) is 36.7 Å². The van der Waals surface area contributed by atoms with E-state index >= 15 is 0 Å². The van der Waals surface area contributed by atoms with Crippen molar-refractivity contribution in [1.82, 2.24) is 15.1 Å². The van der Waals surface area contributed by atoms with Gasteiger partial charge in [0.1, 0.15) is 0 Å². The minimum atomic E-state index is 0. The second-order valence-corrected chi connectivity index (χ2v) is 5.79. The average Bonchev–Trinajstić information content (AvgIpc) is 2.61. The normalized spacial score (nSPS) is 10.9. The zero-order valence-corrected chi connectivity index (χ0v) is 18.9. The van der Waals surface area contributed by atoms with Gasteiger partial charge in [0.05, 0.1) is 19.7 Å². The Morgan fingerprint density at radius 1 is 1.15 bits per heavy atom. The summed E-state index contributed by atoms with van der Waals surface area (Å²) in [4.78, 5) is 20.7. The third kappa shape index (κ3) is 7.90. The fourth-order valence-electron chi connectivity index (χ4n) is 2.59. The molecule has 0 atom stereocenters. The van der Waals surface area contributed by atoms with E-state index in [2.05, 4.69) is 17.4 Å². The summed E-state index contributed by atoms with van der Waals surface area (Å²) in [7, 11) is 3.58. The van der Waals surface area contributed by atoms with Gasteiger partial charge in [-0.2, -0.15) is 0 Å². The Bertz CT molecular complexity index is 562. The maximum Gasteiger partial charge on any atom is 0.242 e. The number of carbonyl (C=O) groups excluding carboxylic acids is 1. The van der Waals surface area contributed by atoms with Crippen LogP contribution in [0.1, 0.15) is 31.9 Å². The number of carbonyl (C=O) groups is 1. The Labute approximate surface area is 175 Å². The highest BCUT2D eigenvalue weighted by atomic mass is 127. The fourth-order valence-corrected chi connectivity index (χ4v) is 2.59. The van der Waals surface area contributed by atoms with Crippen molar-refractivity contribution in [2.45, 2.75) is 33.9 Å². The number of likely N-dealkylation sites (N-methyl/N-ethyl adjacent to an activating group) is 2. The Morgan fingerprint density at radius 2 is 1.77 bits per heavy atom. The summed E-state index contributed by atoms with van der Waals surface area (Å²) >= 11 is 0. The zero-order valence-electron chi connectivity index (χ0n) is 16.6. The zero-order chi connectivity index (χ0) is 18.7. The van der Waals surface area contributed by atoms with Crippen LogP contribution in [0.2, 0.25) is 0 Å². The smallest absolute Gasteiger partial charge is 0.242 e.